The number of benzene rings is 1. The third-order valence-corrected chi connectivity index (χ3v) is 5.03. The fourth-order valence-electron chi connectivity index (χ4n) is 1.84. The van der Waals surface area contributed by atoms with Crippen molar-refractivity contribution in [2.24, 2.45) is 0 Å². The molecule has 0 aliphatic rings. The number of aliphatic hydroxyl groups is 2. The van der Waals surface area contributed by atoms with E-state index in [9.17, 15) is 8.42 Å². The molecule has 0 aliphatic carbocycles. The topological polar surface area (TPSA) is 136 Å². The largest absolute Gasteiger partial charge is 0.395 e. The zero-order valence-corrected chi connectivity index (χ0v) is 18.2. The first-order valence-electron chi connectivity index (χ1n) is 8.72. The molecule has 0 amide bonds. The van der Waals surface area contributed by atoms with Crippen molar-refractivity contribution in [1.82, 2.24) is 14.7 Å². The Balaban J connectivity index is 0.00000122. The van der Waals surface area contributed by atoms with Crippen molar-refractivity contribution in [3.05, 3.63) is 34.9 Å². The second kappa shape index (κ2) is 12.6. The van der Waals surface area contributed by atoms with Gasteiger partial charge in [-0.3, -0.25) is 0 Å². The van der Waals surface area contributed by atoms with Gasteiger partial charge >= 0.3 is 0 Å². The molecule has 2 aromatic rings. The molecule has 2 rings (SSSR count). The number of hydrogen-bond acceptors (Lipinski definition) is 8. The molecule has 0 unspecified atom stereocenters. The average molecular weight is 476 g/mol. The van der Waals surface area contributed by atoms with Crippen molar-refractivity contribution in [2.45, 2.75) is 25.2 Å². The zero-order valence-electron chi connectivity index (χ0n) is 15.8. The van der Waals surface area contributed by atoms with Crippen LogP contribution in [0.3, 0.4) is 0 Å². The first-order chi connectivity index (χ1) is 13.4. The maximum absolute atomic E-state index is 11.9. The number of hydrogen-bond donors (Lipinski definition) is 5. The summed E-state index contributed by atoms with van der Waals surface area (Å²) in [5, 5.41) is 23.5. The molecule has 0 saturated carbocycles. The lowest BCUT2D eigenvalue weighted by Gasteiger charge is -2.10. The molecular formula is C17H26BrN5O4S. The molecule has 1 heterocycles. The van der Waals surface area contributed by atoms with Crippen LogP contribution in [0, 0.1) is 0 Å². The van der Waals surface area contributed by atoms with Gasteiger partial charge in [0, 0.05) is 25.0 Å². The minimum atomic E-state index is -3.64. The molecule has 0 spiro atoms. The summed E-state index contributed by atoms with van der Waals surface area (Å²) in [7, 11) is -3.64. The number of anilines is 3. The van der Waals surface area contributed by atoms with Crippen molar-refractivity contribution in [3.8, 4) is 0 Å². The van der Waals surface area contributed by atoms with Gasteiger partial charge in [-0.15, -0.1) is 0 Å². The SMILES string of the molecule is CCC.O=S(=O)(NCCO)c1ccc(Nc2ncc(Br)c(NCCO)n2)cc1. The second-order valence-corrected chi connectivity index (χ2v) is 8.14. The first kappa shape index (κ1) is 24.2. The Kier molecular flexibility index (Phi) is 10.9. The highest BCUT2D eigenvalue weighted by Crippen LogP contribution is 2.22. The molecule has 0 fully saturated rings. The van der Waals surface area contributed by atoms with E-state index in [-0.39, 0.29) is 24.7 Å². The fraction of sp³-hybridized carbons (Fsp3) is 0.412. The van der Waals surface area contributed by atoms with E-state index in [0.717, 1.165) is 0 Å². The molecule has 0 radical (unpaired) electrons. The Morgan fingerprint density at radius 1 is 1.07 bits per heavy atom. The molecule has 0 atom stereocenters. The monoisotopic (exact) mass is 475 g/mol. The highest BCUT2D eigenvalue weighted by atomic mass is 79.9. The third-order valence-electron chi connectivity index (χ3n) is 2.97. The number of nitrogens with zero attached hydrogens (tertiary/aromatic N) is 2. The van der Waals surface area contributed by atoms with E-state index in [2.05, 4.69) is 55.1 Å². The standard InChI is InChI=1S/C14H18BrN5O4S.C3H8/c15-12-9-17-14(20-13(12)16-5-7-21)19-10-1-3-11(4-2-10)25(23,24)18-6-8-22;1-3-2/h1-4,9,18,21-22H,5-8H2,(H2,16,17,19,20);3H2,1-2H3. The molecule has 0 aliphatic heterocycles. The number of sulfonamides is 1. The number of rotatable bonds is 9. The summed E-state index contributed by atoms with van der Waals surface area (Å²) in [5.74, 6) is 0.844. The Morgan fingerprint density at radius 3 is 2.25 bits per heavy atom. The van der Waals surface area contributed by atoms with Crippen LogP contribution in [0.4, 0.5) is 17.5 Å². The quantitative estimate of drug-likeness (QED) is 0.371. The van der Waals surface area contributed by atoms with Gasteiger partial charge in [0.2, 0.25) is 16.0 Å². The molecule has 1 aromatic carbocycles. The van der Waals surface area contributed by atoms with E-state index >= 15 is 0 Å². The summed E-state index contributed by atoms with van der Waals surface area (Å²) >= 11 is 3.31. The van der Waals surface area contributed by atoms with E-state index in [0.29, 0.717) is 28.5 Å². The highest BCUT2D eigenvalue weighted by Gasteiger charge is 2.13. The van der Waals surface area contributed by atoms with Crippen LogP contribution >= 0.6 is 15.9 Å². The van der Waals surface area contributed by atoms with Crippen molar-refractivity contribution < 1.29 is 18.6 Å². The molecule has 1 aromatic heterocycles. The van der Waals surface area contributed by atoms with Gasteiger partial charge in [0.05, 0.1) is 22.6 Å². The molecular weight excluding hydrogens is 450 g/mol. The van der Waals surface area contributed by atoms with Crippen LogP contribution in [-0.4, -0.2) is 54.9 Å². The fourth-order valence-corrected chi connectivity index (χ4v) is 3.19. The van der Waals surface area contributed by atoms with E-state index in [1.54, 1.807) is 18.3 Å². The average Bonchev–Trinajstić information content (AvgIpc) is 2.68. The zero-order chi connectivity index (χ0) is 21.0. The van der Waals surface area contributed by atoms with Crippen LogP contribution in [0.1, 0.15) is 20.3 Å². The number of aromatic nitrogens is 2. The van der Waals surface area contributed by atoms with Gasteiger partial charge < -0.3 is 20.8 Å². The first-order valence-corrected chi connectivity index (χ1v) is 11.0. The maximum atomic E-state index is 11.9. The minimum Gasteiger partial charge on any atom is -0.395 e. The molecule has 0 saturated heterocycles. The minimum absolute atomic E-state index is 0.0283. The molecule has 5 N–H and O–H groups in total. The van der Waals surface area contributed by atoms with E-state index in [1.165, 1.54) is 18.6 Å². The number of halogens is 1. The summed E-state index contributed by atoms with van der Waals surface area (Å²) < 4.78 is 26.8. The smallest absolute Gasteiger partial charge is 0.240 e. The lowest BCUT2D eigenvalue weighted by atomic mass is 10.3. The predicted molar refractivity (Wildman–Crippen MR) is 113 cm³/mol. The Bertz CT molecular complexity index is 819. The van der Waals surface area contributed by atoms with Crippen molar-refractivity contribution in [1.29, 1.82) is 0 Å². The lowest BCUT2D eigenvalue weighted by molar-refractivity contribution is 0.301. The molecule has 11 heteroatoms. The van der Waals surface area contributed by atoms with E-state index in [4.69, 9.17) is 10.2 Å². The van der Waals surface area contributed by atoms with Gasteiger partial charge in [0.15, 0.2) is 0 Å². The molecule has 9 nitrogen and oxygen atoms in total. The number of nitrogens with one attached hydrogen (secondary N) is 3. The van der Waals surface area contributed by atoms with Crippen LogP contribution in [0.15, 0.2) is 39.8 Å². The molecule has 156 valence electrons. The third kappa shape index (κ3) is 8.07. The van der Waals surface area contributed by atoms with Gasteiger partial charge in [0.25, 0.3) is 0 Å². The highest BCUT2D eigenvalue weighted by molar-refractivity contribution is 9.10. The van der Waals surface area contributed by atoms with Gasteiger partial charge in [-0.25, -0.2) is 18.1 Å². The number of aliphatic hydroxyl groups excluding tert-OH is 2. The van der Waals surface area contributed by atoms with Crippen molar-refractivity contribution in [3.63, 3.8) is 0 Å². The van der Waals surface area contributed by atoms with Crippen LogP contribution in [0.25, 0.3) is 0 Å². The van der Waals surface area contributed by atoms with Crippen LogP contribution in [-0.2, 0) is 10.0 Å². The van der Waals surface area contributed by atoms with Gasteiger partial charge in [-0.05, 0) is 40.2 Å². The Labute approximate surface area is 173 Å². The summed E-state index contributed by atoms with van der Waals surface area (Å²) in [4.78, 5) is 8.48. The Morgan fingerprint density at radius 2 is 1.68 bits per heavy atom. The van der Waals surface area contributed by atoms with Crippen LogP contribution < -0.4 is 15.4 Å². The second-order valence-electron chi connectivity index (χ2n) is 5.52. The molecule has 0 bridgehead atoms. The predicted octanol–water partition coefficient (Wildman–Crippen LogP) is 2.07. The lowest BCUT2D eigenvalue weighted by Crippen LogP contribution is -2.26. The van der Waals surface area contributed by atoms with Crippen LogP contribution in [0.2, 0.25) is 0 Å². The van der Waals surface area contributed by atoms with Gasteiger partial charge in [0.1, 0.15) is 5.82 Å². The maximum Gasteiger partial charge on any atom is 0.240 e. The van der Waals surface area contributed by atoms with Crippen molar-refractivity contribution in [2.75, 3.05) is 36.9 Å². The summed E-state index contributed by atoms with van der Waals surface area (Å²) in [5.41, 5.74) is 0.608. The van der Waals surface area contributed by atoms with E-state index in [1.807, 2.05) is 0 Å². The summed E-state index contributed by atoms with van der Waals surface area (Å²) in [6.45, 7) is 4.26. The van der Waals surface area contributed by atoms with Crippen molar-refractivity contribution >= 4 is 43.4 Å². The van der Waals surface area contributed by atoms with Gasteiger partial charge in [-0.1, -0.05) is 20.3 Å². The molecule has 28 heavy (non-hydrogen) atoms. The summed E-state index contributed by atoms with van der Waals surface area (Å²) in [6, 6.07) is 6.04. The van der Waals surface area contributed by atoms with Gasteiger partial charge in [-0.2, -0.15) is 4.98 Å². The summed E-state index contributed by atoms with van der Waals surface area (Å²) in [6.07, 6.45) is 2.81. The van der Waals surface area contributed by atoms with Crippen LogP contribution in [0.5, 0.6) is 0 Å². The Hall–Kier alpha value is -1.79. The van der Waals surface area contributed by atoms with E-state index < -0.39 is 10.0 Å². The normalized spacial score (nSPS) is 10.8.